The zero-order valence-electron chi connectivity index (χ0n) is 11.0. The topological polar surface area (TPSA) is 15.3 Å². The summed E-state index contributed by atoms with van der Waals surface area (Å²) in [5, 5.41) is 3.24. The lowest BCUT2D eigenvalue weighted by molar-refractivity contribution is -0.188. The summed E-state index contributed by atoms with van der Waals surface area (Å²) in [6.45, 7) is 3.54. The van der Waals surface area contributed by atoms with E-state index < -0.39 is 12.2 Å². The van der Waals surface area contributed by atoms with Gasteiger partial charge in [0.2, 0.25) is 0 Å². The average molecular weight is 329 g/mol. The van der Waals surface area contributed by atoms with Gasteiger partial charge >= 0.3 is 6.18 Å². The zero-order chi connectivity index (χ0) is 14.0. The smallest absolute Gasteiger partial charge is 0.314 e. The molecule has 114 valence electrons. The van der Waals surface area contributed by atoms with Crippen LogP contribution >= 0.6 is 24.0 Å². The Morgan fingerprint density at radius 1 is 1.25 bits per heavy atom. The summed E-state index contributed by atoms with van der Waals surface area (Å²) in [6.07, 6.45) is -4.33. The summed E-state index contributed by atoms with van der Waals surface area (Å²) < 4.78 is 40.3. The number of piperazine rings is 1. The van der Waals surface area contributed by atoms with E-state index >= 15 is 0 Å². The first kappa shape index (κ1) is 17.6. The van der Waals surface area contributed by atoms with Gasteiger partial charge in [-0.1, -0.05) is 23.7 Å². The molecule has 1 atom stereocenters. The van der Waals surface area contributed by atoms with E-state index in [1.165, 1.54) is 11.0 Å². The van der Waals surface area contributed by atoms with Gasteiger partial charge in [0.15, 0.2) is 0 Å². The van der Waals surface area contributed by atoms with Gasteiger partial charge in [0.25, 0.3) is 0 Å². The lowest BCUT2D eigenvalue weighted by atomic mass is 9.98. The number of hydrogen-bond acceptors (Lipinski definition) is 2. The molecule has 0 amide bonds. The minimum atomic E-state index is -4.33. The van der Waals surface area contributed by atoms with E-state index in [4.69, 9.17) is 11.6 Å². The van der Waals surface area contributed by atoms with Crippen LogP contribution in [-0.4, -0.2) is 37.3 Å². The highest BCUT2D eigenvalue weighted by atomic mass is 35.5. The summed E-state index contributed by atoms with van der Waals surface area (Å²) in [5.74, 6) is 0. The Hall–Kier alpha value is -0.490. The zero-order valence-corrected chi connectivity index (χ0v) is 12.6. The monoisotopic (exact) mass is 328 g/mol. The molecule has 0 radical (unpaired) electrons. The predicted molar refractivity (Wildman–Crippen MR) is 76.7 cm³/mol. The van der Waals surface area contributed by atoms with Crippen LogP contribution in [0.2, 0.25) is 5.02 Å². The Kier molecular flexibility index (Phi) is 6.13. The lowest BCUT2D eigenvalue weighted by Crippen LogP contribution is -2.49. The first-order valence-electron chi connectivity index (χ1n) is 6.18. The molecule has 1 aromatic rings. The van der Waals surface area contributed by atoms with Crippen LogP contribution < -0.4 is 5.32 Å². The van der Waals surface area contributed by atoms with Crippen molar-refractivity contribution in [1.82, 2.24) is 10.2 Å². The van der Waals surface area contributed by atoms with Gasteiger partial charge in [-0.2, -0.15) is 13.2 Å². The highest BCUT2D eigenvalue weighted by Gasteiger charge is 2.46. The fraction of sp³-hybridized carbons (Fsp3) is 0.538. The molecule has 0 saturated carbocycles. The molecule has 1 fully saturated rings. The molecule has 1 aliphatic rings. The van der Waals surface area contributed by atoms with Crippen molar-refractivity contribution < 1.29 is 13.2 Å². The fourth-order valence-electron chi connectivity index (χ4n) is 2.48. The molecular weight excluding hydrogens is 312 g/mol. The van der Waals surface area contributed by atoms with Crippen LogP contribution in [0.4, 0.5) is 13.2 Å². The van der Waals surface area contributed by atoms with Crippen LogP contribution in [0.15, 0.2) is 18.2 Å². The number of benzene rings is 1. The molecule has 0 bridgehead atoms. The molecule has 2 nitrogen and oxygen atoms in total. The molecule has 1 saturated heterocycles. The second-order valence-electron chi connectivity index (χ2n) is 4.70. The van der Waals surface area contributed by atoms with Gasteiger partial charge in [-0.3, -0.25) is 4.90 Å². The maximum Gasteiger partial charge on any atom is 0.408 e. The van der Waals surface area contributed by atoms with Crippen molar-refractivity contribution in [2.75, 3.05) is 26.2 Å². The lowest BCUT2D eigenvalue weighted by Gasteiger charge is -2.37. The maximum atomic E-state index is 13.4. The van der Waals surface area contributed by atoms with Gasteiger partial charge in [-0.15, -0.1) is 12.4 Å². The number of nitrogens with one attached hydrogen (secondary N) is 1. The van der Waals surface area contributed by atoms with Gasteiger partial charge in [0.05, 0.1) is 0 Å². The minimum absolute atomic E-state index is 0. The van der Waals surface area contributed by atoms with E-state index in [2.05, 4.69) is 5.32 Å². The Morgan fingerprint density at radius 2 is 1.85 bits per heavy atom. The number of halogens is 5. The third-order valence-corrected chi connectivity index (χ3v) is 3.70. The van der Waals surface area contributed by atoms with E-state index in [1.54, 1.807) is 19.1 Å². The van der Waals surface area contributed by atoms with Crippen molar-refractivity contribution in [2.45, 2.75) is 19.1 Å². The largest absolute Gasteiger partial charge is 0.408 e. The first-order valence-corrected chi connectivity index (χ1v) is 6.55. The van der Waals surface area contributed by atoms with Gasteiger partial charge in [0, 0.05) is 31.2 Å². The van der Waals surface area contributed by atoms with E-state index in [9.17, 15) is 13.2 Å². The second kappa shape index (κ2) is 6.98. The molecule has 1 N–H and O–H groups in total. The average Bonchev–Trinajstić information content (AvgIpc) is 2.33. The molecule has 20 heavy (non-hydrogen) atoms. The van der Waals surface area contributed by atoms with Crippen molar-refractivity contribution in [3.05, 3.63) is 34.3 Å². The number of alkyl halides is 3. The number of nitrogens with zero attached hydrogens (tertiary/aromatic N) is 1. The second-order valence-corrected chi connectivity index (χ2v) is 5.11. The third kappa shape index (κ3) is 3.79. The van der Waals surface area contributed by atoms with Gasteiger partial charge in [0.1, 0.15) is 6.04 Å². The molecule has 0 aliphatic carbocycles. The van der Waals surface area contributed by atoms with E-state index in [0.29, 0.717) is 31.7 Å². The molecule has 1 heterocycles. The molecule has 0 aromatic heterocycles. The minimum Gasteiger partial charge on any atom is -0.314 e. The molecule has 2 rings (SSSR count). The van der Waals surface area contributed by atoms with Crippen LogP contribution in [-0.2, 0) is 0 Å². The van der Waals surface area contributed by atoms with Crippen LogP contribution in [0.3, 0.4) is 0 Å². The van der Waals surface area contributed by atoms with Crippen LogP contribution in [0.25, 0.3) is 0 Å². The van der Waals surface area contributed by atoms with Crippen molar-refractivity contribution in [3.8, 4) is 0 Å². The Bertz CT molecular complexity index is 425. The third-order valence-electron chi connectivity index (χ3n) is 3.37. The van der Waals surface area contributed by atoms with Crippen molar-refractivity contribution >= 4 is 24.0 Å². The van der Waals surface area contributed by atoms with Crippen LogP contribution in [0.1, 0.15) is 17.2 Å². The fourth-order valence-corrected chi connectivity index (χ4v) is 2.81. The highest BCUT2D eigenvalue weighted by Crippen LogP contribution is 2.41. The Balaban J connectivity index is 0.00000200. The quantitative estimate of drug-likeness (QED) is 0.892. The Morgan fingerprint density at radius 3 is 2.35 bits per heavy atom. The number of hydrogen-bond donors (Lipinski definition) is 1. The van der Waals surface area contributed by atoms with Crippen LogP contribution in [0.5, 0.6) is 0 Å². The Labute approximate surface area is 127 Å². The molecular formula is C13H17Cl2F3N2. The van der Waals surface area contributed by atoms with Crippen molar-refractivity contribution in [1.29, 1.82) is 0 Å². The SMILES string of the molecule is Cc1cccc(Cl)c1[C@@H](N1CCNCC1)C(F)(F)F.Cl. The number of aryl methyl sites for hydroxylation is 1. The van der Waals surface area contributed by atoms with E-state index in [-0.39, 0.29) is 23.0 Å². The maximum absolute atomic E-state index is 13.4. The van der Waals surface area contributed by atoms with E-state index in [1.807, 2.05) is 0 Å². The summed E-state index contributed by atoms with van der Waals surface area (Å²) in [6, 6.07) is 3.24. The number of rotatable bonds is 2. The first-order chi connectivity index (χ1) is 8.91. The van der Waals surface area contributed by atoms with Gasteiger partial charge in [-0.25, -0.2) is 0 Å². The van der Waals surface area contributed by atoms with Gasteiger partial charge in [-0.05, 0) is 24.1 Å². The van der Waals surface area contributed by atoms with Gasteiger partial charge < -0.3 is 5.32 Å². The molecule has 0 unspecified atom stereocenters. The molecule has 0 spiro atoms. The molecule has 1 aromatic carbocycles. The van der Waals surface area contributed by atoms with Crippen LogP contribution in [0, 0.1) is 6.92 Å². The highest BCUT2D eigenvalue weighted by molar-refractivity contribution is 6.31. The van der Waals surface area contributed by atoms with Crippen molar-refractivity contribution in [2.24, 2.45) is 0 Å². The van der Waals surface area contributed by atoms with E-state index in [0.717, 1.165) is 0 Å². The molecule has 7 heteroatoms. The summed E-state index contributed by atoms with van der Waals surface area (Å²) in [5.41, 5.74) is 0.756. The summed E-state index contributed by atoms with van der Waals surface area (Å²) in [7, 11) is 0. The van der Waals surface area contributed by atoms with Crippen molar-refractivity contribution in [3.63, 3.8) is 0 Å². The summed E-state index contributed by atoms with van der Waals surface area (Å²) >= 11 is 6.01. The predicted octanol–water partition coefficient (Wildman–Crippen LogP) is 3.58. The summed E-state index contributed by atoms with van der Waals surface area (Å²) in [4.78, 5) is 1.45. The standard InChI is InChI=1S/C13H16ClF3N2.ClH/c1-9-3-2-4-10(14)11(9)12(13(15,16)17)19-7-5-18-6-8-19;/h2-4,12,18H,5-8H2,1H3;1H/t12-;/m1./s1. The molecule has 1 aliphatic heterocycles. The normalized spacial score (nSPS) is 18.4.